The summed E-state index contributed by atoms with van der Waals surface area (Å²) in [4.78, 5) is 6.43. The minimum atomic E-state index is -4.05. The zero-order chi connectivity index (χ0) is 15.3. The Labute approximate surface area is 123 Å². The molecule has 0 amide bonds. The molecule has 2 rings (SSSR count). The van der Waals surface area contributed by atoms with Gasteiger partial charge < -0.3 is 15.0 Å². The van der Waals surface area contributed by atoms with Crippen LogP contribution in [0.2, 0.25) is 0 Å². The van der Waals surface area contributed by atoms with E-state index in [1.165, 1.54) is 0 Å². The number of halogens is 3. The summed E-state index contributed by atoms with van der Waals surface area (Å²) in [6.07, 6.45) is -1.91. The Morgan fingerprint density at radius 2 is 2.14 bits per heavy atom. The molecule has 2 fully saturated rings. The number of rotatable bonds is 4. The molecule has 0 aromatic rings. The Balaban J connectivity index is 1.69. The maximum Gasteiger partial charge on any atom is 0.389 e. The largest absolute Gasteiger partial charge is 0.389 e. The second-order valence-electron chi connectivity index (χ2n) is 6.02. The number of nitrogens with zero attached hydrogens (tertiary/aromatic N) is 2. The van der Waals surface area contributed by atoms with Crippen molar-refractivity contribution >= 4 is 5.96 Å². The summed E-state index contributed by atoms with van der Waals surface area (Å²) in [6.45, 7) is 4.03. The van der Waals surface area contributed by atoms with E-state index in [1.807, 2.05) is 0 Å². The Morgan fingerprint density at radius 3 is 2.76 bits per heavy atom. The summed E-state index contributed by atoms with van der Waals surface area (Å²) < 4.78 is 41.7. The minimum Gasteiger partial charge on any atom is -0.381 e. The zero-order valence-electron chi connectivity index (χ0n) is 12.5. The van der Waals surface area contributed by atoms with Crippen LogP contribution in [0.15, 0.2) is 4.99 Å². The SMILES string of the molecule is CN=C(NCCCCC(F)(F)F)N1CCC2(CCOC2)C1. The van der Waals surface area contributed by atoms with Crippen molar-refractivity contribution in [1.29, 1.82) is 0 Å². The summed E-state index contributed by atoms with van der Waals surface area (Å²) in [5.41, 5.74) is 0.258. The smallest absolute Gasteiger partial charge is 0.381 e. The molecule has 2 aliphatic heterocycles. The quantitative estimate of drug-likeness (QED) is 0.492. The lowest BCUT2D eigenvalue weighted by molar-refractivity contribution is -0.135. The van der Waals surface area contributed by atoms with Crippen LogP contribution in [0.25, 0.3) is 0 Å². The number of hydrogen-bond donors (Lipinski definition) is 1. The zero-order valence-corrected chi connectivity index (χ0v) is 12.5. The average molecular weight is 307 g/mol. The van der Waals surface area contributed by atoms with E-state index in [0.717, 1.165) is 45.1 Å². The molecular weight excluding hydrogens is 283 g/mol. The molecule has 1 N–H and O–H groups in total. The summed E-state index contributed by atoms with van der Waals surface area (Å²) in [5.74, 6) is 0.797. The Morgan fingerprint density at radius 1 is 1.33 bits per heavy atom. The summed E-state index contributed by atoms with van der Waals surface area (Å²) in [7, 11) is 1.72. The van der Waals surface area contributed by atoms with E-state index in [9.17, 15) is 13.2 Å². The number of ether oxygens (including phenoxy) is 1. The van der Waals surface area contributed by atoms with Crippen LogP contribution in [0, 0.1) is 5.41 Å². The van der Waals surface area contributed by atoms with E-state index in [4.69, 9.17) is 4.74 Å². The van der Waals surface area contributed by atoms with Crippen LogP contribution in [0.1, 0.15) is 32.1 Å². The van der Waals surface area contributed by atoms with Gasteiger partial charge >= 0.3 is 6.18 Å². The third-order valence-electron chi connectivity index (χ3n) is 4.30. The maximum absolute atomic E-state index is 12.1. The predicted octanol–water partition coefficient (Wildman–Crippen LogP) is 2.41. The van der Waals surface area contributed by atoms with Gasteiger partial charge in [-0.3, -0.25) is 4.99 Å². The Kier molecular flexibility index (Phi) is 5.35. The Bertz CT molecular complexity index is 365. The highest BCUT2D eigenvalue weighted by Gasteiger charge is 2.42. The number of nitrogens with one attached hydrogen (secondary N) is 1. The standard InChI is InChI=1S/C14H24F3N3O/c1-18-12(19-7-3-2-4-14(15,16)17)20-8-5-13(10-20)6-9-21-11-13/h2-11H2,1H3,(H,18,19). The first-order valence-corrected chi connectivity index (χ1v) is 7.54. The molecule has 0 aromatic heterocycles. The lowest BCUT2D eigenvalue weighted by Crippen LogP contribution is -2.41. The lowest BCUT2D eigenvalue weighted by atomic mass is 9.87. The van der Waals surface area contributed by atoms with Crippen LogP contribution < -0.4 is 5.32 Å². The molecular formula is C14H24F3N3O. The third-order valence-corrected chi connectivity index (χ3v) is 4.30. The number of aliphatic imine (C=N–C) groups is 1. The van der Waals surface area contributed by atoms with Crippen LogP contribution in [-0.2, 0) is 4.74 Å². The number of unbranched alkanes of at least 4 members (excludes halogenated alkanes) is 1. The molecule has 2 saturated heterocycles. The predicted molar refractivity (Wildman–Crippen MR) is 75.3 cm³/mol. The van der Waals surface area contributed by atoms with Crippen molar-refractivity contribution in [3.8, 4) is 0 Å². The molecule has 0 aromatic carbocycles. The normalized spacial score (nSPS) is 26.9. The van der Waals surface area contributed by atoms with Crippen molar-refractivity contribution in [3.05, 3.63) is 0 Å². The van der Waals surface area contributed by atoms with Gasteiger partial charge in [0, 0.05) is 45.1 Å². The molecule has 21 heavy (non-hydrogen) atoms. The molecule has 0 radical (unpaired) electrons. The van der Waals surface area contributed by atoms with E-state index in [1.54, 1.807) is 7.05 Å². The highest BCUT2D eigenvalue weighted by molar-refractivity contribution is 5.80. The lowest BCUT2D eigenvalue weighted by Gasteiger charge is -2.25. The van der Waals surface area contributed by atoms with E-state index >= 15 is 0 Å². The fourth-order valence-electron chi connectivity index (χ4n) is 3.07. The average Bonchev–Trinajstić information content (AvgIpc) is 3.04. The van der Waals surface area contributed by atoms with Gasteiger partial charge in [0.2, 0.25) is 0 Å². The van der Waals surface area contributed by atoms with Crippen molar-refractivity contribution in [2.45, 2.75) is 38.3 Å². The number of hydrogen-bond acceptors (Lipinski definition) is 2. The molecule has 0 bridgehead atoms. The minimum absolute atomic E-state index is 0.158. The van der Waals surface area contributed by atoms with E-state index in [2.05, 4.69) is 15.2 Å². The molecule has 7 heteroatoms. The third kappa shape index (κ3) is 4.76. The van der Waals surface area contributed by atoms with Gasteiger partial charge in [-0.2, -0.15) is 13.2 Å². The first-order valence-electron chi connectivity index (χ1n) is 7.54. The second-order valence-corrected chi connectivity index (χ2v) is 6.02. The topological polar surface area (TPSA) is 36.9 Å². The van der Waals surface area contributed by atoms with Gasteiger partial charge in [0.15, 0.2) is 5.96 Å². The van der Waals surface area contributed by atoms with Gasteiger partial charge in [0.25, 0.3) is 0 Å². The van der Waals surface area contributed by atoms with Gasteiger partial charge in [0.05, 0.1) is 6.61 Å². The highest BCUT2D eigenvalue weighted by atomic mass is 19.4. The van der Waals surface area contributed by atoms with Crippen molar-refractivity contribution in [3.63, 3.8) is 0 Å². The van der Waals surface area contributed by atoms with Crippen LogP contribution in [0.5, 0.6) is 0 Å². The van der Waals surface area contributed by atoms with E-state index in [0.29, 0.717) is 13.0 Å². The van der Waals surface area contributed by atoms with Gasteiger partial charge in [-0.25, -0.2) is 0 Å². The van der Waals surface area contributed by atoms with Crippen LogP contribution in [-0.4, -0.2) is 56.9 Å². The highest BCUT2D eigenvalue weighted by Crippen LogP contribution is 2.38. The fraction of sp³-hybridized carbons (Fsp3) is 0.929. The molecule has 1 spiro atoms. The first kappa shape index (κ1) is 16.4. The van der Waals surface area contributed by atoms with Gasteiger partial charge in [-0.1, -0.05) is 0 Å². The second kappa shape index (κ2) is 6.85. The summed E-state index contributed by atoms with van der Waals surface area (Å²) in [6, 6.07) is 0. The molecule has 1 unspecified atom stereocenters. The Hall–Kier alpha value is -0.980. The van der Waals surface area contributed by atoms with Crippen LogP contribution in [0.4, 0.5) is 13.2 Å². The van der Waals surface area contributed by atoms with Gasteiger partial charge in [0.1, 0.15) is 0 Å². The van der Waals surface area contributed by atoms with Gasteiger partial charge in [-0.15, -0.1) is 0 Å². The molecule has 122 valence electrons. The molecule has 0 aliphatic carbocycles. The van der Waals surface area contributed by atoms with Crippen molar-refractivity contribution in [1.82, 2.24) is 10.2 Å². The molecule has 2 aliphatic rings. The van der Waals surface area contributed by atoms with E-state index in [-0.39, 0.29) is 11.8 Å². The number of alkyl halides is 3. The first-order chi connectivity index (χ1) is 9.94. The van der Waals surface area contributed by atoms with Crippen molar-refractivity contribution < 1.29 is 17.9 Å². The number of likely N-dealkylation sites (tertiary alicyclic amines) is 1. The van der Waals surface area contributed by atoms with E-state index < -0.39 is 12.6 Å². The molecule has 1 atom stereocenters. The number of guanidine groups is 1. The molecule has 4 nitrogen and oxygen atoms in total. The van der Waals surface area contributed by atoms with Crippen molar-refractivity contribution in [2.24, 2.45) is 10.4 Å². The van der Waals surface area contributed by atoms with Crippen LogP contribution >= 0.6 is 0 Å². The molecule has 2 heterocycles. The summed E-state index contributed by atoms with van der Waals surface area (Å²) >= 11 is 0. The molecule has 0 saturated carbocycles. The summed E-state index contributed by atoms with van der Waals surface area (Å²) in [5, 5.41) is 3.17. The van der Waals surface area contributed by atoms with Crippen molar-refractivity contribution in [2.75, 3.05) is 39.9 Å². The monoisotopic (exact) mass is 307 g/mol. The van der Waals surface area contributed by atoms with Gasteiger partial charge in [-0.05, 0) is 25.7 Å². The fourth-order valence-corrected chi connectivity index (χ4v) is 3.07. The van der Waals surface area contributed by atoms with Crippen LogP contribution in [0.3, 0.4) is 0 Å². The maximum atomic E-state index is 12.1.